The third-order valence-corrected chi connectivity index (χ3v) is 2.61. The Bertz CT molecular complexity index is 350. The molecule has 0 spiro atoms. The molecule has 0 bridgehead atoms. The first-order valence-corrected chi connectivity index (χ1v) is 5.73. The molecule has 0 radical (unpaired) electrons. The van der Waals surface area contributed by atoms with E-state index in [-0.39, 0.29) is 11.8 Å². The van der Waals surface area contributed by atoms with Gasteiger partial charge in [0.05, 0.1) is 5.92 Å². The highest BCUT2D eigenvalue weighted by Gasteiger charge is 2.17. The molecule has 0 aliphatic carbocycles. The van der Waals surface area contributed by atoms with Crippen molar-refractivity contribution in [2.24, 2.45) is 5.73 Å². The van der Waals surface area contributed by atoms with Crippen LogP contribution in [0.5, 0.6) is 0 Å². The van der Waals surface area contributed by atoms with Gasteiger partial charge in [0.15, 0.2) is 0 Å². The summed E-state index contributed by atoms with van der Waals surface area (Å²) in [6, 6.07) is 8.09. The summed E-state index contributed by atoms with van der Waals surface area (Å²) >= 11 is 0. The predicted molar refractivity (Wildman–Crippen MR) is 66.3 cm³/mol. The molecule has 3 nitrogen and oxygen atoms in total. The van der Waals surface area contributed by atoms with Crippen LogP contribution < -0.4 is 11.1 Å². The molecule has 1 aromatic rings. The van der Waals surface area contributed by atoms with Crippen LogP contribution in [0, 0.1) is 6.92 Å². The Hall–Kier alpha value is -1.35. The number of carbonyl (C=O) groups is 1. The number of nitrogens with one attached hydrogen (secondary N) is 1. The molecule has 0 aromatic heterocycles. The first-order chi connectivity index (χ1) is 7.69. The van der Waals surface area contributed by atoms with Gasteiger partial charge in [0.2, 0.25) is 5.91 Å². The number of amides is 1. The number of carbonyl (C=O) groups excluding carboxylic acids is 1. The van der Waals surface area contributed by atoms with Gasteiger partial charge in [-0.2, -0.15) is 0 Å². The fourth-order valence-corrected chi connectivity index (χ4v) is 1.78. The molecular formula is C13H20N2O. The molecule has 0 saturated carbocycles. The van der Waals surface area contributed by atoms with Gasteiger partial charge in [-0.1, -0.05) is 36.8 Å². The number of hydrogen-bond acceptors (Lipinski definition) is 2. The van der Waals surface area contributed by atoms with Gasteiger partial charge in [0.1, 0.15) is 0 Å². The van der Waals surface area contributed by atoms with Gasteiger partial charge in [0, 0.05) is 13.1 Å². The van der Waals surface area contributed by atoms with Gasteiger partial charge in [-0.25, -0.2) is 0 Å². The van der Waals surface area contributed by atoms with Gasteiger partial charge < -0.3 is 11.1 Å². The maximum atomic E-state index is 11.9. The molecule has 0 heterocycles. The molecular weight excluding hydrogens is 200 g/mol. The van der Waals surface area contributed by atoms with E-state index in [2.05, 4.69) is 11.4 Å². The number of nitrogens with two attached hydrogens (primary N) is 1. The second kappa shape index (κ2) is 6.28. The summed E-state index contributed by atoms with van der Waals surface area (Å²) in [4.78, 5) is 11.9. The highest BCUT2D eigenvalue weighted by Crippen LogP contribution is 2.20. The SMILES string of the molecule is CCC(C(=O)NCCN)c1cccc(C)c1. The first kappa shape index (κ1) is 12.7. The van der Waals surface area contributed by atoms with Crippen molar-refractivity contribution >= 4 is 5.91 Å². The molecule has 0 aliphatic heterocycles. The van der Waals surface area contributed by atoms with Crippen LogP contribution in [-0.2, 0) is 4.79 Å². The van der Waals surface area contributed by atoms with E-state index in [9.17, 15) is 4.79 Å². The maximum Gasteiger partial charge on any atom is 0.227 e. The Balaban J connectivity index is 2.77. The summed E-state index contributed by atoms with van der Waals surface area (Å²) < 4.78 is 0. The van der Waals surface area contributed by atoms with Crippen LogP contribution >= 0.6 is 0 Å². The highest BCUT2D eigenvalue weighted by molar-refractivity contribution is 5.83. The van der Waals surface area contributed by atoms with Gasteiger partial charge in [-0.3, -0.25) is 4.79 Å². The molecule has 1 amide bonds. The normalized spacial score (nSPS) is 12.2. The second-order valence-corrected chi connectivity index (χ2v) is 3.95. The zero-order valence-corrected chi connectivity index (χ0v) is 9.99. The van der Waals surface area contributed by atoms with E-state index in [1.165, 1.54) is 5.56 Å². The molecule has 1 atom stereocenters. The zero-order chi connectivity index (χ0) is 12.0. The van der Waals surface area contributed by atoms with E-state index in [0.717, 1.165) is 12.0 Å². The molecule has 0 saturated heterocycles. The molecule has 3 heteroatoms. The zero-order valence-electron chi connectivity index (χ0n) is 9.99. The van der Waals surface area contributed by atoms with Crippen LogP contribution in [0.1, 0.15) is 30.4 Å². The summed E-state index contributed by atoms with van der Waals surface area (Å²) in [5, 5.41) is 2.84. The Morgan fingerprint density at radius 1 is 1.50 bits per heavy atom. The van der Waals surface area contributed by atoms with Crippen molar-refractivity contribution in [1.82, 2.24) is 5.32 Å². The fraction of sp³-hybridized carbons (Fsp3) is 0.462. The Morgan fingerprint density at radius 2 is 2.25 bits per heavy atom. The van der Waals surface area contributed by atoms with Crippen LogP contribution in [0.25, 0.3) is 0 Å². The molecule has 88 valence electrons. The van der Waals surface area contributed by atoms with Gasteiger partial charge in [0.25, 0.3) is 0 Å². The van der Waals surface area contributed by atoms with Crippen molar-refractivity contribution in [3.8, 4) is 0 Å². The Kier molecular flexibility index (Phi) is 4.99. The number of benzene rings is 1. The Morgan fingerprint density at radius 3 is 2.81 bits per heavy atom. The first-order valence-electron chi connectivity index (χ1n) is 5.73. The third kappa shape index (κ3) is 3.35. The minimum Gasteiger partial charge on any atom is -0.354 e. The number of hydrogen-bond donors (Lipinski definition) is 2. The third-order valence-electron chi connectivity index (χ3n) is 2.61. The summed E-state index contributed by atoms with van der Waals surface area (Å²) in [5.41, 5.74) is 7.63. The van der Waals surface area contributed by atoms with Crippen LogP contribution in [-0.4, -0.2) is 19.0 Å². The van der Waals surface area contributed by atoms with E-state index in [4.69, 9.17) is 5.73 Å². The monoisotopic (exact) mass is 220 g/mol. The quantitative estimate of drug-likeness (QED) is 0.791. The minimum absolute atomic E-state index is 0.0635. The maximum absolute atomic E-state index is 11.9. The predicted octanol–water partition coefficient (Wildman–Crippen LogP) is 1.56. The molecule has 16 heavy (non-hydrogen) atoms. The molecule has 1 unspecified atom stereocenters. The summed E-state index contributed by atoms with van der Waals surface area (Å²) in [5.74, 6) is 0.00463. The van der Waals surface area contributed by atoms with Crippen LogP contribution in [0.15, 0.2) is 24.3 Å². The second-order valence-electron chi connectivity index (χ2n) is 3.95. The van der Waals surface area contributed by atoms with E-state index in [1.54, 1.807) is 0 Å². The van der Waals surface area contributed by atoms with Gasteiger partial charge in [-0.05, 0) is 18.9 Å². The summed E-state index contributed by atoms with van der Waals surface area (Å²) in [6.07, 6.45) is 0.805. The van der Waals surface area contributed by atoms with E-state index in [0.29, 0.717) is 13.1 Å². The fourth-order valence-electron chi connectivity index (χ4n) is 1.78. The van der Waals surface area contributed by atoms with Crippen molar-refractivity contribution in [3.05, 3.63) is 35.4 Å². The lowest BCUT2D eigenvalue weighted by Crippen LogP contribution is -2.33. The van der Waals surface area contributed by atoms with E-state index in [1.807, 2.05) is 32.0 Å². The average Bonchev–Trinajstić information content (AvgIpc) is 2.27. The smallest absolute Gasteiger partial charge is 0.227 e. The summed E-state index contributed by atoms with van der Waals surface area (Å²) in [7, 11) is 0. The molecule has 0 aliphatic rings. The average molecular weight is 220 g/mol. The molecule has 1 rings (SSSR count). The summed E-state index contributed by atoms with van der Waals surface area (Å²) in [6.45, 7) is 5.08. The van der Waals surface area contributed by atoms with Crippen LogP contribution in [0.2, 0.25) is 0 Å². The number of aryl methyl sites for hydroxylation is 1. The van der Waals surface area contributed by atoms with Crippen molar-refractivity contribution in [3.63, 3.8) is 0 Å². The van der Waals surface area contributed by atoms with Crippen LogP contribution in [0.3, 0.4) is 0 Å². The number of rotatable bonds is 5. The largest absolute Gasteiger partial charge is 0.354 e. The van der Waals surface area contributed by atoms with Gasteiger partial charge >= 0.3 is 0 Å². The topological polar surface area (TPSA) is 55.1 Å². The Labute approximate surface area is 97.0 Å². The molecule has 1 aromatic carbocycles. The lowest BCUT2D eigenvalue weighted by Gasteiger charge is -2.15. The van der Waals surface area contributed by atoms with Crippen molar-refractivity contribution < 1.29 is 4.79 Å². The highest BCUT2D eigenvalue weighted by atomic mass is 16.1. The van der Waals surface area contributed by atoms with Crippen LogP contribution in [0.4, 0.5) is 0 Å². The molecule has 0 fully saturated rings. The van der Waals surface area contributed by atoms with Crippen molar-refractivity contribution in [2.45, 2.75) is 26.2 Å². The lowest BCUT2D eigenvalue weighted by atomic mass is 9.94. The van der Waals surface area contributed by atoms with Crippen molar-refractivity contribution in [1.29, 1.82) is 0 Å². The lowest BCUT2D eigenvalue weighted by molar-refractivity contribution is -0.122. The van der Waals surface area contributed by atoms with E-state index < -0.39 is 0 Å². The van der Waals surface area contributed by atoms with Crippen molar-refractivity contribution in [2.75, 3.05) is 13.1 Å². The standard InChI is InChI=1S/C13H20N2O/c1-3-12(13(16)15-8-7-14)11-6-4-5-10(2)9-11/h4-6,9,12H,3,7-8,14H2,1-2H3,(H,15,16). The van der Waals surface area contributed by atoms with Gasteiger partial charge in [-0.15, -0.1) is 0 Å². The van der Waals surface area contributed by atoms with E-state index >= 15 is 0 Å². The molecule has 3 N–H and O–H groups in total. The minimum atomic E-state index is -0.0635.